The minimum atomic E-state index is -2.20. The molecule has 1 atom stereocenters. The lowest BCUT2D eigenvalue weighted by Gasteiger charge is -2.29. The van der Waals surface area contributed by atoms with Gasteiger partial charge < -0.3 is 5.11 Å². The van der Waals surface area contributed by atoms with Crippen LogP contribution in [0.15, 0.2) is 0 Å². The van der Waals surface area contributed by atoms with Gasteiger partial charge in [-0.15, -0.1) is 0 Å². The summed E-state index contributed by atoms with van der Waals surface area (Å²) >= 11 is 0. The van der Waals surface area contributed by atoms with Gasteiger partial charge >= 0.3 is 0 Å². The molecule has 0 bridgehead atoms. The van der Waals surface area contributed by atoms with Gasteiger partial charge in [0.15, 0.2) is 0 Å². The first kappa shape index (κ1) is 9.90. The Morgan fingerprint density at radius 1 is 1.17 bits per heavy atom. The maximum atomic E-state index is 12.2. The minimum Gasteiger partial charge on any atom is -0.393 e. The largest absolute Gasteiger partial charge is 0.393 e. The fraction of sp³-hybridized carbons (Fsp3) is 1.00. The summed E-state index contributed by atoms with van der Waals surface area (Å²) in [6, 6.07) is 0. The summed E-state index contributed by atoms with van der Waals surface area (Å²) in [4.78, 5) is 0. The molecule has 0 saturated heterocycles. The van der Waals surface area contributed by atoms with Crippen molar-refractivity contribution in [2.24, 2.45) is 11.8 Å². The Morgan fingerprint density at radius 2 is 1.67 bits per heavy atom. The number of hydrogen-bond acceptors (Lipinski definition) is 1. The summed E-state index contributed by atoms with van der Waals surface area (Å²) < 4.78 is 24.5. The molecule has 0 aliphatic heterocycles. The molecule has 1 rings (SSSR count). The van der Waals surface area contributed by atoms with Crippen molar-refractivity contribution in [1.29, 1.82) is 0 Å². The molecule has 1 nitrogen and oxygen atoms in total. The highest BCUT2D eigenvalue weighted by Gasteiger charge is 2.28. The normalized spacial score (nSPS) is 33.8. The molecule has 1 unspecified atom stereocenters. The van der Waals surface area contributed by atoms with Crippen LogP contribution in [0.3, 0.4) is 0 Å². The SMILES string of the molecule is CC(C(F)F)C1CCC(O)CC1. The zero-order valence-electron chi connectivity index (χ0n) is 7.34. The van der Waals surface area contributed by atoms with E-state index in [0.717, 1.165) is 12.8 Å². The lowest BCUT2D eigenvalue weighted by atomic mass is 9.80. The van der Waals surface area contributed by atoms with Gasteiger partial charge in [0, 0.05) is 5.92 Å². The van der Waals surface area contributed by atoms with E-state index in [-0.39, 0.29) is 12.0 Å². The molecule has 0 aromatic heterocycles. The van der Waals surface area contributed by atoms with Crippen LogP contribution in [0.5, 0.6) is 0 Å². The minimum absolute atomic E-state index is 0.119. The van der Waals surface area contributed by atoms with Crippen LogP contribution in [0.2, 0.25) is 0 Å². The molecule has 72 valence electrons. The second kappa shape index (κ2) is 4.17. The van der Waals surface area contributed by atoms with Crippen molar-refractivity contribution in [2.75, 3.05) is 0 Å². The van der Waals surface area contributed by atoms with Gasteiger partial charge in [-0.25, -0.2) is 8.78 Å². The molecular weight excluding hydrogens is 162 g/mol. The molecule has 1 aliphatic rings. The number of aliphatic hydroxyl groups excluding tert-OH is 1. The van der Waals surface area contributed by atoms with E-state index in [1.54, 1.807) is 6.92 Å². The second-order valence-electron chi connectivity index (χ2n) is 3.76. The standard InChI is InChI=1S/C9H16F2O/c1-6(9(10)11)7-2-4-8(12)5-3-7/h6-9,12H,2-5H2,1H3. The van der Waals surface area contributed by atoms with Gasteiger partial charge in [-0.1, -0.05) is 6.92 Å². The van der Waals surface area contributed by atoms with Crippen molar-refractivity contribution in [3.8, 4) is 0 Å². The van der Waals surface area contributed by atoms with Crippen molar-refractivity contribution in [2.45, 2.75) is 45.1 Å². The first-order chi connectivity index (χ1) is 5.61. The summed E-state index contributed by atoms with van der Waals surface area (Å²) in [5, 5.41) is 9.16. The van der Waals surface area contributed by atoms with Gasteiger partial charge in [-0.2, -0.15) is 0 Å². The van der Waals surface area contributed by atoms with Crippen LogP contribution in [0.4, 0.5) is 8.78 Å². The highest BCUT2D eigenvalue weighted by molar-refractivity contribution is 4.76. The Balaban J connectivity index is 2.34. The highest BCUT2D eigenvalue weighted by Crippen LogP contribution is 2.32. The molecule has 0 aromatic rings. The van der Waals surface area contributed by atoms with Crippen LogP contribution in [-0.2, 0) is 0 Å². The molecular formula is C9H16F2O. The maximum absolute atomic E-state index is 12.2. The molecule has 0 radical (unpaired) electrons. The van der Waals surface area contributed by atoms with Gasteiger partial charge in [0.05, 0.1) is 6.10 Å². The van der Waals surface area contributed by atoms with E-state index in [1.807, 2.05) is 0 Å². The number of aliphatic hydroxyl groups is 1. The first-order valence-electron chi connectivity index (χ1n) is 4.57. The third-order valence-electron chi connectivity index (χ3n) is 2.88. The summed E-state index contributed by atoms with van der Waals surface area (Å²) in [5.41, 5.74) is 0. The van der Waals surface area contributed by atoms with Crippen molar-refractivity contribution >= 4 is 0 Å². The Labute approximate surface area is 71.8 Å². The lowest BCUT2D eigenvalue weighted by Crippen LogP contribution is -2.26. The Bertz CT molecular complexity index is 130. The smallest absolute Gasteiger partial charge is 0.241 e. The average Bonchev–Trinajstić information content (AvgIpc) is 2.04. The average molecular weight is 178 g/mol. The number of rotatable bonds is 2. The molecule has 0 spiro atoms. The topological polar surface area (TPSA) is 20.2 Å². The van der Waals surface area contributed by atoms with Crippen LogP contribution in [0, 0.1) is 11.8 Å². The fourth-order valence-corrected chi connectivity index (χ4v) is 1.83. The Kier molecular flexibility index (Phi) is 3.44. The number of hydrogen-bond donors (Lipinski definition) is 1. The first-order valence-corrected chi connectivity index (χ1v) is 4.57. The van der Waals surface area contributed by atoms with E-state index in [9.17, 15) is 8.78 Å². The lowest BCUT2D eigenvalue weighted by molar-refractivity contribution is 0.0208. The molecule has 1 aliphatic carbocycles. The number of alkyl halides is 2. The van der Waals surface area contributed by atoms with E-state index in [0.29, 0.717) is 12.8 Å². The third kappa shape index (κ3) is 2.41. The van der Waals surface area contributed by atoms with E-state index in [1.165, 1.54) is 0 Å². The molecule has 1 N–H and O–H groups in total. The second-order valence-corrected chi connectivity index (χ2v) is 3.76. The Hall–Kier alpha value is -0.180. The summed E-state index contributed by atoms with van der Waals surface area (Å²) in [7, 11) is 0. The van der Waals surface area contributed by atoms with E-state index in [2.05, 4.69) is 0 Å². The van der Waals surface area contributed by atoms with Crippen LogP contribution < -0.4 is 0 Å². The predicted molar refractivity (Wildman–Crippen MR) is 43.1 cm³/mol. The molecule has 1 saturated carbocycles. The van der Waals surface area contributed by atoms with Crippen molar-refractivity contribution in [1.82, 2.24) is 0 Å². The zero-order valence-corrected chi connectivity index (χ0v) is 7.34. The van der Waals surface area contributed by atoms with E-state index in [4.69, 9.17) is 5.11 Å². The summed E-state index contributed by atoms with van der Waals surface area (Å²) in [5.74, 6) is -0.383. The monoisotopic (exact) mass is 178 g/mol. The molecule has 0 aromatic carbocycles. The number of halogens is 2. The van der Waals surface area contributed by atoms with Gasteiger partial charge in [0.1, 0.15) is 0 Å². The van der Waals surface area contributed by atoms with Crippen molar-refractivity contribution < 1.29 is 13.9 Å². The predicted octanol–water partition coefficient (Wildman–Crippen LogP) is 2.44. The van der Waals surface area contributed by atoms with Gasteiger partial charge in [0.25, 0.3) is 0 Å². The highest BCUT2D eigenvalue weighted by atomic mass is 19.3. The quantitative estimate of drug-likeness (QED) is 0.688. The van der Waals surface area contributed by atoms with Crippen LogP contribution >= 0.6 is 0 Å². The van der Waals surface area contributed by atoms with Crippen molar-refractivity contribution in [3.63, 3.8) is 0 Å². The van der Waals surface area contributed by atoms with Gasteiger partial charge in [-0.05, 0) is 31.6 Å². The zero-order chi connectivity index (χ0) is 9.14. The van der Waals surface area contributed by atoms with Crippen LogP contribution in [0.25, 0.3) is 0 Å². The Morgan fingerprint density at radius 3 is 2.08 bits per heavy atom. The third-order valence-corrected chi connectivity index (χ3v) is 2.88. The molecule has 3 heteroatoms. The van der Waals surface area contributed by atoms with Gasteiger partial charge in [-0.3, -0.25) is 0 Å². The van der Waals surface area contributed by atoms with Gasteiger partial charge in [0.2, 0.25) is 6.43 Å². The van der Waals surface area contributed by atoms with Crippen molar-refractivity contribution in [3.05, 3.63) is 0 Å². The summed E-state index contributed by atoms with van der Waals surface area (Å²) in [6.07, 6.45) is 0.458. The molecule has 0 amide bonds. The van der Waals surface area contributed by atoms with Crippen LogP contribution in [0.1, 0.15) is 32.6 Å². The summed E-state index contributed by atoms with van der Waals surface area (Å²) in [6.45, 7) is 1.60. The van der Waals surface area contributed by atoms with Crippen LogP contribution in [-0.4, -0.2) is 17.6 Å². The maximum Gasteiger partial charge on any atom is 0.241 e. The fourth-order valence-electron chi connectivity index (χ4n) is 1.83. The molecule has 0 heterocycles. The molecule has 12 heavy (non-hydrogen) atoms. The van der Waals surface area contributed by atoms with E-state index < -0.39 is 12.3 Å². The molecule has 1 fully saturated rings. The van der Waals surface area contributed by atoms with E-state index >= 15 is 0 Å².